The minimum absolute atomic E-state index is 0.0263. The topological polar surface area (TPSA) is 58.5 Å². The molecule has 1 N–H and O–H groups in total. The Morgan fingerprint density at radius 1 is 1.24 bits per heavy atom. The Kier molecular flexibility index (Phi) is 4.06. The standard InChI is InChI=1S/C20H19ClF3N3O2/c21-13-5-15(17(26-8-13)20(22,23)24)27-10-18(11-27)6-12(7-18)19(28)2-4-29-16-1-3-25-9-14(16)19/h1,3,5,8-9,12,28H,2,4,6-7,10-11H2. The third-order valence-corrected chi connectivity index (χ3v) is 6.73. The van der Waals surface area contributed by atoms with Gasteiger partial charge in [-0.05, 0) is 30.9 Å². The van der Waals surface area contributed by atoms with Gasteiger partial charge in [-0.2, -0.15) is 13.2 Å². The Balaban J connectivity index is 1.31. The molecule has 29 heavy (non-hydrogen) atoms. The second-order valence-electron chi connectivity index (χ2n) is 8.37. The van der Waals surface area contributed by atoms with E-state index in [4.69, 9.17) is 16.3 Å². The number of nitrogens with zero attached hydrogens (tertiary/aromatic N) is 3. The van der Waals surface area contributed by atoms with Crippen molar-refractivity contribution < 1.29 is 23.0 Å². The normalized spacial score (nSPS) is 25.8. The van der Waals surface area contributed by atoms with E-state index < -0.39 is 17.5 Å². The maximum Gasteiger partial charge on any atom is 0.435 e. The summed E-state index contributed by atoms with van der Waals surface area (Å²) in [4.78, 5) is 9.31. The molecule has 154 valence electrons. The summed E-state index contributed by atoms with van der Waals surface area (Å²) in [7, 11) is 0. The van der Waals surface area contributed by atoms with Gasteiger partial charge >= 0.3 is 6.18 Å². The molecule has 0 amide bonds. The first-order valence-electron chi connectivity index (χ1n) is 9.48. The van der Waals surface area contributed by atoms with E-state index in [1.807, 2.05) is 0 Å². The Bertz CT molecular complexity index is 956. The monoisotopic (exact) mass is 425 g/mol. The number of ether oxygens (including phenoxy) is 1. The first-order valence-corrected chi connectivity index (χ1v) is 9.85. The summed E-state index contributed by atoms with van der Waals surface area (Å²) in [5, 5.41) is 11.5. The van der Waals surface area contributed by atoms with Crippen molar-refractivity contribution in [1.82, 2.24) is 9.97 Å². The van der Waals surface area contributed by atoms with Gasteiger partial charge in [0.05, 0.1) is 17.3 Å². The number of halogens is 4. The molecule has 5 rings (SSSR count). The zero-order valence-corrected chi connectivity index (χ0v) is 16.2. The van der Waals surface area contributed by atoms with Crippen LogP contribution in [0.1, 0.15) is 30.5 Å². The van der Waals surface area contributed by atoms with Crippen LogP contribution in [0.5, 0.6) is 5.75 Å². The van der Waals surface area contributed by atoms with E-state index in [0.29, 0.717) is 37.4 Å². The zero-order chi connectivity index (χ0) is 20.4. The zero-order valence-electron chi connectivity index (χ0n) is 15.4. The Morgan fingerprint density at radius 3 is 2.72 bits per heavy atom. The highest BCUT2D eigenvalue weighted by Gasteiger charge is 2.60. The lowest BCUT2D eigenvalue weighted by atomic mass is 9.52. The molecule has 1 saturated carbocycles. The molecule has 2 fully saturated rings. The summed E-state index contributed by atoms with van der Waals surface area (Å²) >= 11 is 5.89. The van der Waals surface area contributed by atoms with E-state index in [0.717, 1.165) is 19.0 Å². The number of hydrogen-bond acceptors (Lipinski definition) is 5. The molecule has 1 atom stereocenters. The Morgan fingerprint density at radius 2 is 2.00 bits per heavy atom. The molecular formula is C20H19ClF3N3O2. The first kappa shape index (κ1) is 18.9. The molecule has 3 aliphatic rings. The average molecular weight is 426 g/mol. The van der Waals surface area contributed by atoms with Crippen molar-refractivity contribution in [3.8, 4) is 5.75 Å². The van der Waals surface area contributed by atoms with Gasteiger partial charge in [0.1, 0.15) is 11.4 Å². The van der Waals surface area contributed by atoms with Crippen LogP contribution in [0.25, 0.3) is 0 Å². The quantitative estimate of drug-likeness (QED) is 0.787. The number of aromatic nitrogens is 2. The number of hydrogen-bond donors (Lipinski definition) is 1. The van der Waals surface area contributed by atoms with Crippen molar-refractivity contribution in [2.75, 3.05) is 24.6 Å². The number of fused-ring (bicyclic) bond motifs is 1. The molecule has 1 unspecified atom stereocenters. The minimum atomic E-state index is -4.53. The fourth-order valence-corrected chi connectivity index (χ4v) is 5.26. The van der Waals surface area contributed by atoms with Crippen LogP contribution in [0.3, 0.4) is 0 Å². The lowest BCUT2D eigenvalue weighted by molar-refractivity contribution is -0.143. The summed E-state index contributed by atoms with van der Waals surface area (Å²) < 4.78 is 45.5. The van der Waals surface area contributed by atoms with Crippen LogP contribution >= 0.6 is 11.6 Å². The van der Waals surface area contributed by atoms with Crippen LogP contribution in [0.4, 0.5) is 18.9 Å². The van der Waals surface area contributed by atoms with Crippen molar-refractivity contribution in [3.63, 3.8) is 0 Å². The van der Waals surface area contributed by atoms with Gasteiger partial charge in [0.15, 0.2) is 5.69 Å². The Labute approximate surface area is 170 Å². The highest BCUT2D eigenvalue weighted by Crippen LogP contribution is 2.60. The fraction of sp³-hybridized carbons (Fsp3) is 0.500. The van der Waals surface area contributed by atoms with Gasteiger partial charge < -0.3 is 14.7 Å². The van der Waals surface area contributed by atoms with Crippen molar-refractivity contribution in [1.29, 1.82) is 0 Å². The van der Waals surface area contributed by atoms with E-state index in [-0.39, 0.29) is 22.0 Å². The highest BCUT2D eigenvalue weighted by atomic mass is 35.5. The lowest BCUT2D eigenvalue weighted by Crippen LogP contribution is -2.65. The predicted octanol–water partition coefficient (Wildman–Crippen LogP) is 4.04. The summed E-state index contributed by atoms with van der Waals surface area (Å²) in [6, 6.07) is 3.08. The Hall–Kier alpha value is -2.06. The van der Waals surface area contributed by atoms with E-state index in [2.05, 4.69) is 9.97 Å². The summed E-state index contributed by atoms with van der Waals surface area (Å²) in [5.74, 6) is 0.695. The summed E-state index contributed by atoms with van der Waals surface area (Å²) in [6.07, 6.45) is 1.78. The van der Waals surface area contributed by atoms with E-state index >= 15 is 0 Å². The molecular weight excluding hydrogens is 407 g/mol. The minimum Gasteiger partial charge on any atom is -0.493 e. The van der Waals surface area contributed by atoms with Crippen LogP contribution in [-0.2, 0) is 11.8 Å². The summed E-state index contributed by atoms with van der Waals surface area (Å²) in [6.45, 7) is 1.44. The average Bonchev–Trinajstić information content (AvgIpc) is 2.59. The fourth-order valence-electron chi connectivity index (χ4n) is 5.11. The molecule has 0 radical (unpaired) electrons. The molecule has 2 aromatic rings. The molecule has 1 saturated heterocycles. The van der Waals surface area contributed by atoms with Gasteiger partial charge in [0.2, 0.25) is 0 Å². The van der Waals surface area contributed by atoms with Crippen LogP contribution in [0, 0.1) is 11.3 Å². The van der Waals surface area contributed by atoms with E-state index in [1.54, 1.807) is 23.4 Å². The molecule has 9 heteroatoms. The second-order valence-corrected chi connectivity index (χ2v) is 8.81. The van der Waals surface area contributed by atoms with Crippen molar-refractivity contribution in [2.45, 2.75) is 31.0 Å². The number of anilines is 1. The summed E-state index contributed by atoms with van der Waals surface area (Å²) in [5.41, 5.74) is -1.25. The second kappa shape index (κ2) is 6.22. The highest BCUT2D eigenvalue weighted by molar-refractivity contribution is 6.30. The number of pyridine rings is 2. The molecule has 2 aliphatic heterocycles. The van der Waals surface area contributed by atoms with Gasteiger partial charge in [-0.25, -0.2) is 4.98 Å². The molecule has 1 spiro atoms. The lowest BCUT2D eigenvalue weighted by Gasteiger charge is -2.63. The van der Waals surface area contributed by atoms with Crippen molar-refractivity contribution in [3.05, 3.63) is 47.0 Å². The van der Waals surface area contributed by atoms with Crippen molar-refractivity contribution in [2.24, 2.45) is 11.3 Å². The molecule has 4 heterocycles. The van der Waals surface area contributed by atoms with Crippen LogP contribution < -0.4 is 9.64 Å². The SMILES string of the molecule is OC1(C2CC3(C2)CN(c2cc(Cl)cnc2C(F)(F)F)C3)CCOc2ccncc21. The third kappa shape index (κ3) is 2.95. The van der Waals surface area contributed by atoms with E-state index in [1.165, 1.54) is 6.07 Å². The van der Waals surface area contributed by atoms with E-state index in [9.17, 15) is 18.3 Å². The van der Waals surface area contributed by atoms with Gasteiger partial charge in [-0.15, -0.1) is 0 Å². The number of aliphatic hydroxyl groups is 1. The molecule has 1 aliphatic carbocycles. The van der Waals surface area contributed by atoms with Gasteiger partial charge in [-0.1, -0.05) is 11.6 Å². The maximum atomic E-state index is 13.3. The smallest absolute Gasteiger partial charge is 0.435 e. The molecule has 2 aromatic heterocycles. The third-order valence-electron chi connectivity index (χ3n) is 6.52. The molecule has 0 aromatic carbocycles. The molecule has 0 bridgehead atoms. The molecule has 5 nitrogen and oxygen atoms in total. The van der Waals surface area contributed by atoms with Crippen LogP contribution in [0.2, 0.25) is 5.02 Å². The van der Waals surface area contributed by atoms with Crippen molar-refractivity contribution >= 4 is 17.3 Å². The predicted molar refractivity (Wildman–Crippen MR) is 99.9 cm³/mol. The van der Waals surface area contributed by atoms with Crippen LogP contribution in [-0.4, -0.2) is 34.8 Å². The van der Waals surface area contributed by atoms with Crippen LogP contribution in [0.15, 0.2) is 30.7 Å². The maximum absolute atomic E-state index is 13.3. The first-order chi connectivity index (χ1) is 13.7. The number of alkyl halides is 3. The van der Waals surface area contributed by atoms with Gasteiger partial charge in [-0.3, -0.25) is 4.98 Å². The van der Waals surface area contributed by atoms with Gasteiger partial charge in [0.25, 0.3) is 0 Å². The largest absolute Gasteiger partial charge is 0.493 e. The number of rotatable bonds is 2. The van der Waals surface area contributed by atoms with Gasteiger partial charge in [0, 0.05) is 49.1 Å².